The minimum Gasteiger partial charge on any atom is -0.239 e. The first kappa shape index (κ1) is 10.5. The van der Waals surface area contributed by atoms with Crippen LogP contribution in [0.15, 0.2) is 53.3 Å². The fraction of sp³-hybridized carbons (Fsp3) is 0. The summed E-state index contributed by atoms with van der Waals surface area (Å²) in [6.45, 7) is 0. The molecular formula is C13H8BrFN2. The van der Waals surface area contributed by atoms with Gasteiger partial charge in [-0.1, -0.05) is 24.3 Å². The minimum absolute atomic E-state index is 0.224. The summed E-state index contributed by atoms with van der Waals surface area (Å²) < 4.78 is 16.1. The SMILES string of the molecule is Fc1ccccc1-c1ccc2cc(Br)nn2c1. The molecule has 2 heterocycles. The van der Waals surface area contributed by atoms with Crippen LogP contribution in [0, 0.1) is 5.82 Å². The van der Waals surface area contributed by atoms with Crippen LogP contribution in [0.5, 0.6) is 0 Å². The number of benzene rings is 1. The summed E-state index contributed by atoms with van der Waals surface area (Å²) in [4.78, 5) is 0. The number of pyridine rings is 1. The minimum atomic E-state index is -0.224. The molecule has 1 aromatic carbocycles. The van der Waals surface area contributed by atoms with E-state index in [1.807, 2.05) is 30.5 Å². The average Bonchev–Trinajstić information content (AvgIpc) is 2.68. The highest BCUT2D eigenvalue weighted by atomic mass is 79.9. The molecule has 0 aliphatic heterocycles. The van der Waals surface area contributed by atoms with Gasteiger partial charge in [0.2, 0.25) is 0 Å². The molecule has 0 amide bonds. The van der Waals surface area contributed by atoms with Crippen molar-refractivity contribution >= 4 is 21.4 Å². The Kier molecular flexibility index (Phi) is 2.44. The van der Waals surface area contributed by atoms with Gasteiger partial charge in [-0.2, -0.15) is 5.10 Å². The molecule has 0 radical (unpaired) electrons. The van der Waals surface area contributed by atoms with Crippen molar-refractivity contribution in [1.29, 1.82) is 0 Å². The Morgan fingerprint density at radius 2 is 1.94 bits per heavy atom. The van der Waals surface area contributed by atoms with Crippen molar-refractivity contribution < 1.29 is 4.39 Å². The highest BCUT2D eigenvalue weighted by Gasteiger charge is 2.05. The second-order valence-corrected chi connectivity index (χ2v) is 4.55. The van der Waals surface area contributed by atoms with Crippen LogP contribution >= 0.6 is 15.9 Å². The van der Waals surface area contributed by atoms with Gasteiger partial charge >= 0.3 is 0 Å². The number of nitrogens with zero attached hydrogens (tertiary/aromatic N) is 2. The molecule has 17 heavy (non-hydrogen) atoms. The van der Waals surface area contributed by atoms with E-state index in [-0.39, 0.29) is 5.82 Å². The molecule has 84 valence electrons. The highest BCUT2D eigenvalue weighted by Crippen LogP contribution is 2.23. The van der Waals surface area contributed by atoms with Crippen molar-refractivity contribution in [2.24, 2.45) is 0 Å². The molecule has 2 nitrogen and oxygen atoms in total. The van der Waals surface area contributed by atoms with Crippen molar-refractivity contribution in [3.05, 3.63) is 59.1 Å². The van der Waals surface area contributed by atoms with Gasteiger partial charge in [-0.05, 0) is 34.1 Å². The van der Waals surface area contributed by atoms with Crippen LogP contribution in [0.4, 0.5) is 4.39 Å². The first-order chi connectivity index (χ1) is 8.24. The van der Waals surface area contributed by atoms with Gasteiger partial charge in [0.15, 0.2) is 0 Å². The van der Waals surface area contributed by atoms with Gasteiger partial charge in [-0.25, -0.2) is 8.91 Å². The third kappa shape index (κ3) is 1.85. The maximum atomic E-state index is 13.6. The molecule has 3 rings (SSSR count). The predicted molar refractivity (Wildman–Crippen MR) is 68.3 cm³/mol. The van der Waals surface area contributed by atoms with E-state index in [9.17, 15) is 4.39 Å². The van der Waals surface area contributed by atoms with Gasteiger partial charge in [0.25, 0.3) is 0 Å². The maximum absolute atomic E-state index is 13.6. The van der Waals surface area contributed by atoms with Gasteiger partial charge in [0.05, 0.1) is 5.52 Å². The lowest BCUT2D eigenvalue weighted by atomic mass is 10.1. The topological polar surface area (TPSA) is 17.3 Å². The molecule has 0 saturated heterocycles. The molecule has 2 aromatic heterocycles. The fourth-order valence-corrected chi connectivity index (χ4v) is 2.22. The summed E-state index contributed by atoms with van der Waals surface area (Å²) in [5.74, 6) is -0.224. The van der Waals surface area contributed by atoms with E-state index in [1.165, 1.54) is 6.07 Å². The third-order valence-electron chi connectivity index (χ3n) is 2.61. The summed E-state index contributed by atoms with van der Waals surface area (Å²) in [6.07, 6.45) is 1.82. The number of rotatable bonds is 1. The second kappa shape index (κ2) is 3.96. The summed E-state index contributed by atoms with van der Waals surface area (Å²) >= 11 is 3.31. The molecule has 0 bridgehead atoms. The quantitative estimate of drug-likeness (QED) is 0.664. The van der Waals surface area contributed by atoms with E-state index in [4.69, 9.17) is 0 Å². The molecule has 0 atom stereocenters. The molecule has 4 heteroatoms. The van der Waals surface area contributed by atoms with Crippen LogP contribution in [0.3, 0.4) is 0 Å². The van der Waals surface area contributed by atoms with Crippen LogP contribution in [0.25, 0.3) is 16.6 Å². The smallest absolute Gasteiger partial charge is 0.131 e. The Hall–Kier alpha value is -1.68. The summed E-state index contributed by atoms with van der Waals surface area (Å²) in [5, 5.41) is 4.24. The molecule has 0 saturated carbocycles. The number of hydrogen-bond donors (Lipinski definition) is 0. The number of aromatic nitrogens is 2. The van der Waals surface area contributed by atoms with E-state index in [2.05, 4.69) is 21.0 Å². The van der Waals surface area contributed by atoms with E-state index in [1.54, 1.807) is 16.6 Å². The molecule has 0 N–H and O–H groups in total. The number of hydrogen-bond acceptors (Lipinski definition) is 1. The van der Waals surface area contributed by atoms with E-state index < -0.39 is 0 Å². The Morgan fingerprint density at radius 3 is 2.76 bits per heavy atom. The van der Waals surface area contributed by atoms with E-state index in [0.717, 1.165) is 15.7 Å². The molecule has 3 aromatic rings. The monoisotopic (exact) mass is 290 g/mol. The lowest BCUT2D eigenvalue weighted by Gasteiger charge is -2.03. The van der Waals surface area contributed by atoms with Gasteiger partial charge in [0, 0.05) is 17.3 Å². The summed E-state index contributed by atoms with van der Waals surface area (Å²) in [6, 6.07) is 12.4. The number of halogens is 2. The molecule has 0 fully saturated rings. The standard InChI is InChI=1S/C13H8BrFN2/c14-13-7-10-6-5-9(8-17(10)16-13)11-3-1-2-4-12(11)15/h1-8H. The lowest BCUT2D eigenvalue weighted by Crippen LogP contribution is -1.90. The average molecular weight is 291 g/mol. The van der Waals surface area contributed by atoms with Crippen molar-refractivity contribution in [3.63, 3.8) is 0 Å². The first-order valence-corrected chi connectivity index (χ1v) is 5.93. The molecular weight excluding hydrogens is 283 g/mol. The third-order valence-corrected chi connectivity index (χ3v) is 3.00. The highest BCUT2D eigenvalue weighted by molar-refractivity contribution is 9.10. The van der Waals surface area contributed by atoms with Crippen molar-refractivity contribution in [1.82, 2.24) is 9.61 Å². The molecule has 0 spiro atoms. The van der Waals surface area contributed by atoms with E-state index >= 15 is 0 Å². The van der Waals surface area contributed by atoms with Gasteiger partial charge in [0.1, 0.15) is 10.4 Å². The summed E-state index contributed by atoms with van der Waals surface area (Å²) in [7, 11) is 0. The van der Waals surface area contributed by atoms with Crippen LogP contribution < -0.4 is 0 Å². The zero-order valence-corrected chi connectivity index (χ0v) is 10.4. The predicted octanol–water partition coefficient (Wildman–Crippen LogP) is 3.90. The second-order valence-electron chi connectivity index (χ2n) is 3.73. The van der Waals surface area contributed by atoms with Gasteiger partial charge in [-0.15, -0.1) is 0 Å². The Bertz CT molecular complexity index is 691. The fourth-order valence-electron chi connectivity index (χ4n) is 1.81. The molecule has 0 aliphatic rings. The normalized spacial score (nSPS) is 10.9. The zero-order chi connectivity index (χ0) is 11.8. The van der Waals surface area contributed by atoms with Gasteiger partial charge < -0.3 is 0 Å². The Balaban J connectivity index is 2.21. The Morgan fingerprint density at radius 1 is 1.12 bits per heavy atom. The van der Waals surface area contributed by atoms with Crippen molar-refractivity contribution in [2.45, 2.75) is 0 Å². The van der Waals surface area contributed by atoms with Crippen molar-refractivity contribution in [2.75, 3.05) is 0 Å². The lowest BCUT2D eigenvalue weighted by molar-refractivity contribution is 0.631. The number of fused-ring (bicyclic) bond motifs is 1. The molecule has 0 aliphatic carbocycles. The van der Waals surface area contributed by atoms with Crippen LogP contribution in [-0.4, -0.2) is 9.61 Å². The zero-order valence-electron chi connectivity index (χ0n) is 8.77. The van der Waals surface area contributed by atoms with E-state index in [0.29, 0.717) is 5.56 Å². The largest absolute Gasteiger partial charge is 0.239 e. The van der Waals surface area contributed by atoms with Crippen LogP contribution in [-0.2, 0) is 0 Å². The molecule has 0 unspecified atom stereocenters. The van der Waals surface area contributed by atoms with Crippen molar-refractivity contribution in [3.8, 4) is 11.1 Å². The van der Waals surface area contributed by atoms with Crippen LogP contribution in [0.2, 0.25) is 0 Å². The first-order valence-electron chi connectivity index (χ1n) is 5.14. The summed E-state index contributed by atoms with van der Waals surface area (Å²) in [5.41, 5.74) is 2.36. The Labute approximate surface area is 106 Å². The maximum Gasteiger partial charge on any atom is 0.131 e. The van der Waals surface area contributed by atoms with Crippen LogP contribution in [0.1, 0.15) is 0 Å². The van der Waals surface area contributed by atoms with Gasteiger partial charge in [-0.3, -0.25) is 0 Å².